The first-order chi connectivity index (χ1) is 12.5. The monoisotopic (exact) mass is 367 g/mol. The van der Waals surface area contributed by atoms with Crippen LogP contribution in [0.5, 0.6) is 0 Å². The Hall–Kier alpha value is -3.03. The van der Waals surface area contributed by atoms with Crippen LogP contribution in [0, 0.1) is 0 Å². The number of hydrogen-bond donors (Lipinski definition) is 1. The molecule has 0 aliphatic carbocycles. The van der Waals surface area contributed by atoms with Crippen LogP contribution >= 0.6 is 0 Å². The zero-order valence-electron chi connectivity index (χ0n) is 13.6. The van der Waals surface area contributed by atoms with Crippen LogP contribution in [0.25, 0.3) is 11.1 Å². The summed E-state index contributed by atoms with van der Waals surface area (Å²) in [7, 11) is 0. The maximum atomic E-state index is 11.8. The summed E-state index contributed by atoms with van der Waals surface area (Å²) in [6.45, 7) is 0. The van der Waals surface area contributed by atoms with Gasteiger partial charge in [-0.3, -0.25) is 13.3 Å². The van der Waals surface area contributed by atoms with Crippen LogP contribution in [0.1, 0.15) is 5.69 Å². The highest BCUT2D eigenvalue weighted by atomic mass is 32.2. The van der Waals surface area contributed by atoms with Crippen LogP contribution in [-0.4, -0.2) is 24.8 Å². The molecule has 0 aliphatic heterocycles. The van der Waals surface area contributed by atoms with Gasteiger partial charge < -0.3 is 9.66 Å². The number of hydrogen-bond acceptors (Lipinski definition) is 4. The van der Waals surface area contributed by atoms with E-state index in [1.54, 1.807) is 24.3 Å². The molecule has 6 nitrogen and oxygen atoms in total. The molecule has 26 heavy (non-hydrogen) atoms. The summed E-state index contributed by atoms with van der Waals surface area (Å²) in [4.78, 5) is 15.0. The minimum atomic E-state index is -2.60. The van der Waals surface area contributed by atoms with Crippen molar-refractivity contribution < 1.29 is 18.7 Å². The molecule has 1 aromatic heterocycles. The van der Waals surface area contributed by atoms with Gasteiger partial charge in [0.1, 0.15) is 5.82 Å². The molecule has 1 atom stereocenters. The number of carbonyl (C=O) groups is 1. The number of nitrogens with zero attached hydrogens (tertiary/aromatic N) is 2. The van der Waals surface area contributed by atoms with E-state index in [2.05, 4.69) is 4.98 Å². The predicted molar refractivity (Wildman–Crippen MR) is 98.5 cm³/mol. The Morgan fingerprint density at radius 3 is 2.23 bits per heavy atom. The van der Waals surface area contributed by atoms with E-state index in [0.717, 1.165) is 15.4 Å². The lowest BCUT2D eigenvalue weighted by Crippen LogP contribution is -2.21. The Balaban J connectivity index is 1.94. The van der Waals surface area contributed by atoms with E-state index in [1.807, 2.05) is 42.5 Å². The van der Waals surface area contributed by atoms with Crippen molar-refractivity contribution in [2.45, 2.75) is 6.42 Å². The fraction of sp³-hybridized carbons (Fsp3) is 0.0526. The van der Waals surface area contributed by atoms with Gasteiger partial charge in [-0.2, -0.15) is 0 Å². The van der Waals surface area contributed by atoms with Crippen molar-refractivity contribution in [2.75, 3.05) is 4.31 Å². The lowest BCUT2D eigenvalue weighted by Gasteiger charge is -2.25. The smallest absolute Gasteiger partial charge is 0.309 e. The molecule has 1 heterocycles. The first-order valence-electron chi connectivity index (χ1n) is 7.77. The highest BCUT2D eigenvalue weighted by molar-refractivity contribution is 7.81. The number of rotatable bonds is 6. The fourth-order valence-electron chi connectivity index (χ4n) is 2.55. The minimum absolute atomic E-state index is 0.143. The van der Waals surface area contributed by atoms with Gasteiger partial charge in [-0.25, -0.2) is 4.98 Å². The van der Waals surface area contributed by atoms with Crippen molar-refractivity contribution in [1.82, 2.24) is 4.98 Å². The summed E-state index contributed by atoms with van der Waals surface area (Å²) in [5.74, 6) is -0.888. The highest BCUT2D eigenvalue weighted by Crippen LogP contribution is 2.28. The first kappa shape index (κ1) is 17.8. The largest absolute Gasteiger partial charge is 0.755 e. The Kier molecular flexibility index (Phi) is 5.40. The molecule has 7 heteroatoms. The van der Waals surface area contributed by atoms with E-state index in [4.69, 9.17) is 5.11 Å². The lowest BCUT2D eigenvalue weighted by molar-refractivity contribution is -0.136. The number of pyridine rings is 1. The Morgan fingerprint density at radius 1 is 0.962 bits per heavy atom. The van der Waals surface area contributed by atoms with Gasteiger partial charge in [-0.05, 0) is 35.4 Å². The number of aliphatic carboxylic acids is 1. The Labute approximate surface area is 153 Å². The lowest BCUT2D eigenvalue weighted by atomic mass is 10.1. The van der Waals surface area contributed by atoms with Crippen LogP contribution in [-0.2, 0) is 22.5 Å². The molecule has 3 aromatic rings. The first-order valence-corrected chi connectivity index (χ1v) is 8.80. The van der Waals surface area contributed by atoms with Crippen LogP contribution in [0.3, 0.4) is 0 Å². The van der Waals surface area contributed by atoms with Crippen LogP contribution in [0.2, 0.25) is 0 Å². The number of carboxylic acid groups (broad SMARTS) is 1. The summed E-state index contributed by atoms with van der Waals surface area (Å²) in [5.41, 5.74) is 2.68. The van der Waals surface area contributed by atoms with Gasteiger partial charge in [0.2, 0.25) is 0 Å². The maximum absolute atomic E-state index is 11.8. The number of anilines is 2. The summed E-state index contributed by atoms with van der Waals surface area (Å²) >= 11 is -2.60. The van der Waals surface area contributed by atoms with Crippen LogP contribution < -0.4 is 4.31 Å². The molecule has 1 unspecified atom stereocenters. The Morgan fingerprint density at radius 2 is 1.62 bits per heavy atom. The van der Waals surface area contributed by atoms with Gasteiger partial charge in [0.15, 0.2) is 0 Å². The fourth-order valence-corrected chi connectivity index (χ4v) is 3.10. The van der Waals surface area contributed by atoms with Crippen molar-refractivity contribution >= 4 is 28.7 Å². The van der Waals surface area contributed by atoms with Gasteiger partial charge in [0.05, 0.1) is 29.1 Å². The molecular weight excluding hydrogens is 352 g/mol. The zero-order chi connectivity index (χ0) is 18.5. The van der Waals surface area contributed by atoms with Gasteiger partial charge in [-0.15, -0.1) is 0 Å². The van der Waals surface area contributed by atoms with E-state index < -0.39 is 17.2 Å². The van der Waals surface area contributed by atoms with E-state index in [0.29, 0.717) is 5.69 Å². The van der Waals surface area contributed by atoms with Crippen LogP contribution in [0.15, 0.2) is 72.8 Å². The molecule has 0 fully saturated rings. The summed E-state index contributed by atoms with van der Waals surface area (Å²) in [6.07, 6.45) is -0.278. The molecule has 0 saturated heterocycles. The molecule has 0 spiro atoms. The van der Waals surface area contributed by atoms with Gasteiger partial charge in [0.25, 0.3) is 0 Å². The van der Waals surface area contributed by atoms with E-state index in [-0.39, 0.29) is 17.9 Å². The third-order valence-electron chi connectivity index (χ3n) is 3.69. The molecule has 1 N–H and O–H groups in total. The third-order valence-corrected chi connectivity index (χ3v) is 4.39. The average molecular weight is 367 g/mol. The molecular formula is C19H15N2O4S-. The van der Waals surface area contributed by atoms with Crippen molar-refractivity contribution in [3.8, 4) is 11.1 Å². The maximum Gasteiger partial charge on any atom is 0.309 e. The van der Waals surface area contributed by atoms with Gasteiger partial charge >= 0.3 is 5.97 Å². The van der Waals surface area contributed by atoms with Crippen molar-refractivity contribution in [3.05, 3.63) is 78.5 Å². The molecule has 0 radical (unpaired) electrons. The topological polar surface area (TPSA) is 93.6 Å². The Bertz CT molecular complexity index is 930. The average Bonchev–Trinajstić information content (AvgIpc) is 2.63. The molecule has 0 aliphatic rings. The molecule has 0 bridgehead atoms. The zero-order valence-corrected chi connectivity index (χ0v) is 14.4. The van der Waals surface area contributed by atoms with E-state index >= 15 is 0 Å². The summed E-state index contributed by atoms with van der Waals surface area (Å²) < 4.78 is 24.5. The third kappa shape index (κ3) is 4.14. The van der Waals surface area contributed by atoms with Crippen molar-refractivity contribution in [1.29, 1.82) is 0 Å². The molecule has 0 saturated carbocycles. The van der Waals surface area contributed by atoms with E-state index in [1.165, 1.54) is 6.07 Å². The summed E-state index contributed by atoms with van der Waals surface area (Å²) in [5, 5.41) is 8.89. The molecule has 3 rings (SSSR count). The normalized spacial score (nSPS) is 11.7. The second-order valence-corrected chi connectivity index (χ2v) is 6.28. The van der Waals surface area contributed by atoms with Gasteiger partial charge in [-0.1, -0.05) is 48.5 Å². The number of carboxylic acids is 1. The molecule has 132 valence electrons. The second-order valence-electron chi connectivity index (χ2n) is 5.48. The van der Waals surface area contributed by atoms with Crippen molar-refractivity contribution in [3.63, 3.8) is 0 Å². The van der Waals surface area contributed by atoms with Gasteiger partial charge in [0, 0.05) is 0 Å². The SMILES string of the molecule is O=C(O)Cc1cccc(N(c2ccc(-c3ccccc3)cc2)S(=O)[O-])n1. The van der Waals surface area contributed by atoms with E-state index in [9.17, 15) is 13.6 Å². The molecule has 2 aromatic carbocycles. The van der Waals surface area contributed by atoms with Crippen molar-refractivity contribution in [2.24, 2.45) is 0 Å². The summed E-state index contributed by atoms with van der Waals surface area (Å²) in [6, 6.07) is 21.4. The number of aromatic nitrogens is 1. The van der Waals surface area contributed by atoms with Crippen LogP contribution in [0.4, 0.5) is 11.5 Å². The minimum Gasteiger partial charge on any atom is -0.755 e. The second kappa shape index (κ2) is 7.90. The highest BCUT2D eigenvalue weighted by Gasteiger charge is 2.13. The molecule has 0 amide bonds. The standard InChI is InChI=1S/C19H16N2O4S/c22-19(23)13-16-7-4-8-18(20-16)21(26(24)25)17-11-9-15(10-12-17)14-5-2-1-3-6-14/h1-12H,13H2,(H,22,23)(H,24,25)/p-1. The predicted octanol–water partition coefficient (Wildman–Crippen LogP) is 3.31. The quantitative estimate of drug-likeness (QED) is 0.675. The number of benzene rings is 2.